The Hall–Kier alpha value is -0.0400. The van der Waals surface area contributed by atoms with Gasteiger partial charge in [0.1, 0.15) is 0 Å². The number of rotatable bonds is 0. The summed E-state index contributed by atoms with van der Waals surface area (Å²) >= 11 is 0. The van der Waals surface area contributed by atoms with Crippen LogP contribution < -0.4 is 0 Å². The zero-order valence-electron chi connectivity index (χ0n) is 5.20. The van der Waals surface area contributed by atoms with E-state index in [0.717, 1.165) is 35.5 Å². The highest BCUT2D eigenvalue weighted by Gasteiger charge is 2.82. The van der Waals surface area contributed by atoms with Gasteiger partial charge in [-0.2, -0.15) is 0 Å². The average molecular weight is 122 g/mol. The average Bonchev–Trinajstić information content (AvgIpc) is 1.86. The minimum Gasteiger partial charge on any atom is -0.393 e. The Balaban J connectivity index is 1.88. The molecule has 0 aromatic rings. The lowest BCUT2D eigenvalue weighted by Crippen LogP contribution is -2.86. The Labute approximate surface area is 54.1 Å². The predicted octanol–water partition coefficient (Wildman–Crippen LogP) is 0.489. The molecule has 1 nitrogen and oxygen atoms in total. The Morgan fingerprint density at radius 1 is 0.889 bits per heavy atom. The molecule has 9 heavy (non-hydrogen) atoms. The van der Waals surface area contributed by atoms with Crippen molar-refractivity contribution in [1.29, 1.82) is 0 Å². The SMILES string of the molecule is OC1C2C3CC4C1C2C34. The van der Waals surface area contributed by atoms with Gasteiger partial charge in [0.2, 0.25) is 0 Å². The van der Waals surface area contributed by atoms with Crippen molar-refractivity contribution in [3.05, 3.63) is 0 Å². The molecule has 4 unspecified atom stereocenters. The van der Waals surface area contributed by atoms with Crippen LogP contribution in [0.1, 0.15) is 6.42 Å². The van der Waals surface area contributed by atoms with Crippen LogP contribution in [-0.4, -0.2) is 11.2 Å². The highest BCUT2D eigenvalue weighted by molar-refractivity contribution is 5.30. The molecule has 0 saturated heterocycles. The van der Waals surface area contributed by atoms with Crippen LogP contribution in [-0.2, 0) is 0 Å². The maximum absolute atomic E-state index is 9.45. The van der Waals surface area contributed by atoms with E-state index in [1.807, 2.05) is 0 Å². The van der Waals surface area contributed by atoms with Gasteiger partial charge in [0.05, 0.1) is 6.10 Å². The molecule has 0 amide bonds. The Morgan fingerprint density at radius 3 is 1.78 bits per heavy atom. The number of hydrogen-bond donors (Lipinski definition) is 1. The number of fused-ring (bicyclic) bond motifs is 2. The summed E-state index contributed by atoms with van der Waals surface area (Å²) in [6, 6.07) is 0. The van der Waals surface area contributed by atoms with Gasteiger partial charge in [0.15, 0.2) is 0 Å². The van der Waals surface area contributed by atoms with Gasteiger partial charge in [-0.15, -0.1) is 0 Å². The van der Waals surface area contributed by atoms with E-state index >= 15 is 0 Å². The minimum absolute atomic E-state index is 0.156. The van der Waals surface area contributed by atoms with E-state index in [2.05, 4.69) is 0 Å². The van der Waals surface area contributed by atoms with E-state index < -0.39 is 0 Å². The maximum atomic E-state index is 9.45. The van der Waals surface area contributed by atoms with Crippen molar-refractivity contribution in [3.63, 3.8) is 0 Å². The molecule has 0 heterocycles. The molecule has 0 bridgehead atoms. The Morgan fingerprint density at radius 2 is 1.56 bits per heavy atom. The van der Waals surface area contributed by atoms with Crippen LogP contribution in [0.2, 0.25) is 0 Å². The largest absolute Gasteiger partial charge is 0.393 e. The molecular formula is C8H10O. The van der Waals surface area contributed by atoms with E-state index in [4.69, 9.17) is 0 Å². The number of aliphatic hydroxyl groups excluding tert-OH is 1. The van der Waals surface area contributed by atoms with Crippen LogP contribution >= 0.6 is 0 Å². The van der Waals surface area contributed by atoms with Crippen molar-refractivity contribution >= 4 is 0 Å². The quantitative estimate of drug-likeness (QED) is 0.495. The molecule has 4 aliphatic carbocycles. The maximum Gasteiger partial charge on any atom is 0.0607 e. The highest BCUT2D eigenvalue weighted by atomic mass is 16.3. The number of aliphatic hydroxyl groups is 1. The summed E-state index contributed by atoms with van der Waals surface area (Å²) in [5.41, 5.74) is 0. The molecule has 0 aromatic carbocycles. The van der Waals surface area contributed by atoms with Crippen molar-refractivity contribution < 1.29 is 5.11 Å². The van der Waals surface area contributed by atoms with Crippen molar-refractivity contribution in [2.75, 3.05) is 0 Å². The molecule has 1 N–H and O–H groups in total. The van der Waals surface area contributed by atoms with Gasteiger partial charge >= 0.3 is 0 Å². The third kappa shape index (κ3) is 0.177. The molecular weight excluding hydrogens is 112 g/mol. The molecule has 48 valence electrons. The van der Waals surface area contributed by atoms with E-state index in [0.29, 0.717) is 0 Å². The molecule has 4 fully saturated rings. The summed E-state index contributed by atoms with van der Waals surface area (Å²) in [6.07, 6.45) is 1.64. The van der Waals surface area contributed by atoms with Gasteiger partial charge in [-0.3, -0.25) is 0 Å². The summed E-state index contributed by atoms with van der Waals surface area (Å²) in [7, 11) is 0. The highest BCUT2D eigenvalue weighted by Crippen LogP contribution is 2.84. The van der Waals surface area contributed by atoms with Crippen LogP contribution in [0.15, 0.2) is 0 Å². The second kappa shape index (κ2) is 0.800. The molecule has 4 atom stereocenters. The standard InChI is InChI=1S/C8H10O/c9-8-5-2-1-3-4(2)7(5)6(3)8/h2-9H,1H2. The summed E-state index contributed by atoms with van der Waals surface area (Å²) in [6.45, 7) is 0. The smallest absolute Gasteiger partial charge is 0.0607 e. The summed E-state index contributed by atoms with van der Waals surface area (Å²) < 4.78 is 0. The second-order valence-electron chi connectivity index (χ2n) is 4.36. The topological polar surface area (TPSA) is 20.2 Å². The molecule has 0 radical (unpaired) electrons. The summed E-state index contributed by atoms with van der Waals surface area (Å²) in [4.78, 5) is 0. The minimum atomic E-state index is 0.156. The van der Waals surface area contributed by atoms with Crippen LogP contribution in [0.4, 0.5) is 0 Å². The number of hydrogen-bond acceptors (Lipinski definition) is 1. The predicted molar refractivity (Wildman–Crippen MR) is 31.6 cm³/mol. The molecule has 4 saturated carbocycles. The second-order valence-corrected chi connectivity index (χ2v) is 4.36. The Kier molecular flexibility index (Phi) is 0.353. The lowest BCUT2D eigenvalue weighted by Gasteiger charge is -2.86. The zero-order valence-corrected chi connectivity index (χ0v) is 5.20. The van der Waals surface area contributed by atoms with Gasteiger partial charge < -0.3 is 5.11 Å². The van der Waals surface area contributed by atoms with Gasteiger partial charge in [-0.25, -0.2) is 0 Å². The van der Waals surface area contributed by atoms with Gasteiger partial charge in [-0.05, 0) is 41.9 Å². The zero-order chi connectivity index (χ0) is 5.75. The van der Waals surface area contributed by atoms with Gasteiger partial charge in [-0.1, -0.05) is 0 Å². The van der Waals surface area contributed by atoms with E-state index in [1.54, 1.807) is 0 Å². The van der Waals surface area contributed by atoms with Crippen LogP contribution in [0, 0.1) is 35.5 Å². The van der Waals surface area contributed by atoms with E-state index in [9.17, 15) is 5.11 Å². The Bertz CT molecular complexity index is 164. The third-order valence-electron chi connectivity index (χ3n) is 4.64. The van der Waals surface area contributed by atoms with Crippen molar-refractivity contribution in [2.24, 2.45) is 35.5 Å². The molecule has 4 aliphatic rings. The van der Waals surface area contributed by atoms with Crippen LogP contribution in [0.3, 0.4) is 0 Å². The normalized spacial score (nSPS) is 87.0. The first-order valence-electron chi connectivity index (χ1n) is 4.07. The fraction of sp³-hybridized carbons (Fsp3) is 1.00. The van der Waals surface area contributed by atoms with Gasteiger partial charge in [0.25, 0.3) is 0 Å². The monoisotopic (exact) mass is 122 g/mol. The molecule has 0 spiro atoms. The first kappa shape index (κ1) is 3.97. The molecule has 0 aliphatic heterocycles. The van der Waals surface area contributed by atoms with Crippen LogP contribution in [0.5, 0.6) is 0 Å². The van der Waals surface area contributed by atoms with E-state index in [1.165, 1.54) is 6.42 Å². The molecule has 1 heteroatoms. The van der Waals surface area contributed by atoms with E-state index in [-0.39, 0.29) is 6.10 Å². The fourth-order valence-corrected chi connectivity index (χ4v) is 4.27. The summed E-state index contributed by atoms with van der Waals surface area (Å²) in [5, 5.41) is 9.45. The van der Waals surface area contributed by atoms with Gasteiger partial charge in [0, 0.05) is 0 Å². The molecule has 0 aromatic heterocycles. The molecule has 4 rings (SSSR count). The fourth-order valence-electron chi connectivity index (χ4n) is 4.27. The third-order valence-corrected chi connectivity index (χ3v) is 4.64. The first-order valence-corrected chi connectivity index (χ1v) is 4.07. The van der Waals surface area contributed by atoms with Crippen molar-refractivity contribution in [2.45, 2.75) is 12.5 Å². The lowest BCUT2D eigenvalue weighted by molar-refractivity contribution is -0.417. The van der Waals surface area contributed by atoms with Crippen molar-refractivity contribution in [1.82, 2.24) is 0 Å². The summed E-state index contributed by atoms with van der Waals surface area (Å²) in [5.74, 6) is 5.75. The lowest BCUT2D eigenvalue weighted by atomic mass is 9.19. The van der Waals surface area contributed by atoms with Crippen LogP contribution in [0.25, 0.3) is 0 Å². The van der Waals surface area contributed by atoms with Crippen molar-refractivity contribution in [3.8, 4) is 0 Å². The first-order chi connectivity index (χ1) is 4.39.